The zero-order valence-electron chi connectivity index (χ0n) is 16.2. The average molecular weight is 424 g/mol. The number of hydrogen-bond donors (Lipinski definition) is 1. The molecule has 0 aliphatic heterocycles. The maximum absolute atomic E-state index is 13.0. The molecular formula is C22H21N3O2S2. The smallest absolute Gasteiger partial charge is 0.238 e. The highest BCUT2D eigenvalue weighted by atomic mass is 32.2. The number of nitrogens with zero attached hydrogens (tertiary/aromatic N) is 2. The molecule has 2 aromatic heterocycles. The third kappa shape index (κ3) is 4.06. The predicted molar refractivity (Wildman–Crippen MR) is 121 cm³/mol. The molecule has 148 valence electrons. The minimum atomic E-state index is -0.270. The summed E-state index contributed by atoms with van der Waals surface area (Å²) in [6.07, 6.45) is 2.27. The Hall–Kier alpha value is -2.64. The van der Waals surface area contributed by atoms with E-state index < -0.39 is 0 Å². The molecule has 0 aliphatic carbocycles. The van der Waals surface area contributed by atoms with Gasteiger partial charge < -0.3 is 10.1 Å². The molecule has 5 nitrogen and oxygen atoms in total. The Morgan fingerprint density at radius 2 is 1.93 bits per heavy atom. The van der Waals surface area contributed by atoms with Gasteiger partial charge in [0.1, 0.15) is 17.1 Å². The summed E-state index contributed by atoms with van der Waals surface area (Å²) in [5, 5.41) is 4.71. The number of carbonyl (C=O) groups excluding carboxylic acids is 1. The van der Waals surface area contributed by atoms with Crippen LogP contribution < -0.4 is 10.1 Å². The lowest BCUT2D eigenvalue weighted by Gasteiger charge is -2.16. The van der Waals surface area contributed by atoms with E-state index in [0.717, 1.165) is 20.6 Å². The van der Waals surface area contributed by atoms with Crippen molar-refractivity contribution in [3.8, 4) is 5.75 Å². The lowest BCUT2D eigenvalue weighted by atomic mass is 10.2. The normalized spacial score (nSPS) is 12.2. The van der Waals surface area contributed by atoms with Crippen molar-refractivity contribution in [2.45, 2.75) is 30.5 Å². The number of hydrogen-bond acceptors (Lipinski definition) is 6. The van der Waals surface area contributed by atoms with Gasteiger partial charge in [-0.1, -0.05) is 49.0 Å². The van der Waals surface area contributed by atoms with Gasteiger partial charge >= 0.3 is 0 Å². The molecule has 0 spiro atoms. The van der Waals surface area contributed by atoms with E-state index in [2.05, 4.69) is 27.4 Å². The van der Waals surface area contributed by atoms with Crippen molar-refractivity contribution in [3.05, 3.63) is 54.9 Å². The van der Waals surface area contributed by atoms with Crippen LogP contribution in [0.25, 0.3) is 20.3 Å². The molecule has 1 amide bonds. The molecule has 0 saturated heterocycles. The van der Waals surface area contributed by atoms with Gasteiger partial charge in [-0.15, -0.1) is 11.3 Å². The van der Waals surface area contributed by atoms with Crippen LogP contribution in [-0.4, -0.2) is 27.7 Å². The van der Waals surface area contributed by atoms with E-state index in [4.69, 9.17) is 4.74 Å². The van der Waals surface area contributed by atoms with Gasteiger partial charge in [-0.3, -0.25) is 4.79 Å². The van der Waals surface area contributed by atoms with Gasteiger partial charge in [-0.2, -0.15) is 0 Å². The number of rotatable bonds is 7. The lowest BCUT2D eigenvalue weighted by Crippen LogP contribution is -2.25. The fourth-order valence-corrected chi connectivity index (χ4v) is 5.33. The Labute approximate surface area is 177 Å². The Morgan fingerprint density at radius 3 is 2.76 bits per heavy atom. The molecule has 2 aromatic carbocycles. The van der Waals surface area contributed by atoms with Gasteiger partial charge in [-0.05, 0) is 31.5 Å². The van der Waals surface area contributed by atoms with Gasteiger partial charge in [0.05, 0.1) is 27.8 Å². The van der Waals surface area contributed by atoms with Crippen LogP contribution in [0.15, 0.2) is 59.9 Å². The minimum Gasteiger partial charge on any atom is -0.492 e. The van der Waals surface area contributed by atoms with Gasteiger partial charge in [0.15, 0.2) is 0 Å². The number of ether oxygens (including phenoxy) is 1. The molecule has 7 heteroatoms. The second-order valence-electron chi connectivity index (χ2n) is 6.39. The first-order chi connectivity index (χ1) is 14.2. The summed E-state index contributed by atoms with van der Waals surface area (Å²) in [6.45, 7) is 4.48. The van der Waals surface area contributed by atoms with Crippen LogP contribution in [0.5, 0.6) is 5.75 Å². The van der Waals surface area contributed by atoms with E-state index in [1.165, 1.54) is 16.5 Å². The summed E-state index contributed by atoms with van der Waals surface area (Å²) in [7, 11) is 0. The average Bonchev–Trinajstić information content (AvgIpc) is 3.13. The van der Waals surface area contributed by atoms with Crippen LogP contribution in [0.4, 0.5) is 5.69 Å². The second kappa shape index (κ2) is 8.80. The van der Waals surface area contributed by atoms with Gasteiger partial charge in [0.25, 0.3) is 0 Å². The van der Waals surface area contributed by atoms with Crippen LogP contribution in [0.3, 0.4) is 0 Å². The molecule has 2 heterocycles. The van der Waals surface area contributed by atoms with Crippen LogP contribution in [-0.2, 0) is 4.79 Å². The highest BCUT2D eigenvalue weighted by Gasteiger charge is 2.22. The number of anilines is 1. The third-order valence-electron chi connectivity index (χ3n) is 4.49. The second-order valence-corrected chi connectivity index (χ2v) is 8.63. The predicted octanol–water partition coefficient (Wildman–Crippen LogP) is 5.75. The lowest BCUT2D eigenvalue weighted by molar-refractivity contribution is -0.115. The molecule has 0 saturated carbocycles. The van der Waals surface area contributed by atoms with Crippen molar-refractivity contribution in [1.29, 1.82) is 0 Å². The van der Waals surface area contributed by atoms with E-state index >= 15 is 0 Å². The van der Waals surface area contributed by atoms with Crippen molar-refractivity contribution in [2.24, 2.45) is 0 Å². The maximum atomic E-state index is 13.0. The number of thiophene rings is 1. The maximum Gasteiger partial charge on any atom is 0.238 e. The molecule has 4 rings (SSSR count). The molecule has 1 N–H and O–H groups in total. The van der Waals surface area contributed by atoms with Crippen LogP contribution >= 0.6 is 23.1 Å². The minimum absolute atomic E-state index is 0.0578. The first-order valence-corrected chi connectivity index (χ1v) is 11.2. The van der Waals surface area contributed by atoms with E-state index in [9.17, 15) is 4.79 Å². The fraction of sp³-hybridized carbons (Fsp3) is 0.227. The molecule has 29 heavy (non-hydrogen) atoms. The largest absolute Gasteiger partial charge is 0.492 e. The van der Waals surface area contributed by atoms with Gasteiger partial charge in [0, 0.05) is 10.1 Å². The third-order valence-corrected chi connectivity index (χ3v) is 7.15. The number of fused-ring (bicyclic) bond motifs is 3. The Morgan fingerprint density at radius 1 is 1.14 bits per heavy atom. The van der Waals surface area contributed by atoms with Crippen LogP contribution in [0.1, 0.15) is 20.3 Å². The molecule has 0 unspecified atom stereocenters. The van der Waals surface area contributed by atoms with Crippen molar-refractivity contribution >= 4 is 55.0 Å². The summed E-state index contributed by atoms with van der Waals surface area (Å²) < 4.78 is 7.82. The molecular weight excluding hydrogens is 402 g/mol. The van der Waals surface area contributed by atoms with Gasteiger partial charge in [-0.25, -0.2) is 9.97 Å². The topological polar surface area (TPSA) is 64.1 Å². The van der Waals surface area contributed by atoms with Crippen LogP contribution in [0.2, 0.25) is 0 Å². The zero-order chi connectivity index (χ0) is 20.2. The summed E-state index contributed by atoms with van der Waals surface area (Å²) in [4.78, 5) is 21.9. The van der Waals surface area contributed by atoms with E-state index in [1.807, 2.05) is 50.2 Å². The molecule has 1 atom stereocenters. The van der Waals surface area contributed by atoms with E-state index in [1.54, 1.807) is 17.7 Å². The number of nitrogens with one attached hydrogen (secondary N) is 1. The first kappa shape index (κ1) is 19.7. The van der Waals surface area contributed by atoms with Gasteiger partial charge in [0.2, 0.25) is 5.91 Å². The number of aromatic nitrogens is 2. The van der Waals surface area contributed by atoms with Crippen molar-refractivity contribution in [1.82, 2.24) is 9.97 Å². The molecule has 4 aromatic rings. The Kier molecular flexibility index (Phi) is 5.97. The standard InChI is InChI=1S/C22H21N3O2S2/c1-3-17(21(26)25-15-10-6-7-11-16(15)27-4-2)29-22-20-19(23-13-24-22)14-9-5-8-12-18(14)28-20/h5-13,17H,3-4H2,1-2H3,(H,25,26)/t17-/m1/s1. The first-order valence-electron chi connectivity index (χ1n) is 9.52. The number of benzene rings is 2. The fourth-order valence-electron chi connectivity index (χ4n) is 3.11. The van der Waals surface area contributed by atoms with E-state index in [0.29, 0.717) is 24.5 Å². The van der Waals surface area contributed by atoms with Crippen molar-refractivity contribution in [2.75, 3.05) is 11.9 Å². The molecule has 0 radical (unpaired) electrons. The summed E-state index contributed by atoms with van der Waals surface area (Å²) >= 11 is 3.15. The van der Waals surface area contributed by atoms with E-state index in [-0.39, 0.29) is 11.2 Å². The quantitative estimate of drug-likeness (QED) is 0.303. The zero-order valence-corrected chi connectivity index (χ0v) is 17.8. The molecule has 0 aliphatic rings. The Balaban J connectivity index is 1.60. The SMILES string of the molecule is CCOc1ccccc1NC(=O)[C@@H](CC)Sc1ncnc2c1sc1ccccc12. The number of para-hydroxylation sites is 2. The number of thioether (sulfide) groups is 1. The van der Waals surface area contributed by atoms with Crippen molar-refractivity contribution in [3.63, 3.8) is 0 Å². The summed E-state index contributed by atoms with van der Waals surface area (Å²) in [6, 6.07) is 15.7. The molecule has 0 bridgehead atoms. The van der Waals surface area contributed by atoms with Crippen LogP contribution in [0, 0.1) is 0 Å². The summed E-state index contributed by atoms with van der Waals surface area (Å²) in [5.41, 5.74) is 1.63. The highest BCUT2D eigenvalue weighted by Crippen LogP contribution is 2.39. The molecule has 0 fully saturated rings. The highest BCUT2D eigenvalue weighted by molar-refractivity contribution is 8.00. The Bertz CT molecular complexity index is 1160. The number of carbonyl (C=O) groups is 1. The monoisotopic (exact) mass is 423 g/mol. The number of amides is 1. The van der Waals surface area contributed by atoms with Crippen molar-refractivity contribution < 1.29 is 9.53 Å². The summed E-state index contributed by atoms with van der Waals surface area (Å²) in [5.74, 6) is 0.620.